The van der Waals surface area contributed by atoms with Gasteiger partial charge in [0.1, 0.15) is 5.75 Å². The van der Waals surface area contributed by atoms with Gasteiger partial charge in [0.05, 0.1) is 6.61 Å². The van der Waals surface area contributed by atoms with Crippen LogP contribution in [0.25, 0.3) is 0 Å². The van der Waals surface area contributed by atoms with Gasteiger partial charge in [0.15, 0.2) is 5.96 Å². The fraction of sp³-hybridized carbons (Fsp3) is 0.562. The summed E-state index contributed by atoms with van der Waals surface area (Å²) in [5.74, 6) is 1.80. The molecule has 1 rings (SSSR count). The van der Waals surface area contributed by atoms with E-state index < -0.39 is 0 Å². The third-order valence-electron chi connectivity index (χ3n) is 3.04. The summed E-state index contributed by atoms with van der Waals surface area (Å²) in [6.07, 6.45) is 0.965. The van der Waals surface area contributed by atoms with E-state index in [4.69, 9.17) is 9.47 Å². The Morgan fingerprint density at radius 2 is 1.95 bits per heavy atom. The molecule has 1 N–H and O–H groups in total. The van der Waals surface area contributed by atoms with Gasteiger partial charge in [0, 0.05) is 40.9 Å². The van der Waals surface area contributed by atoms with Crippen LogP contribution in [0.15, 0.2) is 29.3 Å². The maximum Gasteiger partial charge on any atom is 0.193 e. The highest BCUT2D eigenvalue weighted by molar-refractivity contribution is 14.0. The van der Waals surface area contributed by atoms with Crippen LogP contribution in [0.3, 0.4) is 0 Å². The summed E-state index contributed by atoms with van der Waals surface area (Å²) in [5.41, 5.74) is 1.22. The minimum Gasteiger partial charge on any atom is -0.494 e. The van der Waals surface area contributed by atoms with Crippen molar-refractivity contribution in [3.63, 3.8) is 0 Å². The zero-order valence-corrected chi connectivity index (χ0v) is 16.3. The lowest BCUT2D eigenvalue weighted by Gasteiger charge is -2.22. The van der Waals surface area contributed by atoms with E-state index in [1.807, 2.05) is 26.1 Å². The lowest BCUT2D eigenvalue weighted by atomic mass is 10.2. The van der Waals surface area contributed by atoms with Gasteiger partial charge in [-0.3, -0.25) is 4.99 Å². The van der Waals surface area contributed by atoms with Gasteiger partial charge in [0.25, 0.3) is 0 Å². The number of hydrogen-bond donors (Lipinski definition) is 1. The van der Waals surface area contributed by atoms with Crippen LogP contribution in [0.5, 0.6) is 5.75 Å². The van der Waals surface area contributed by atoms with E-state index in [9.17, 15) is 0 Å². The van der Waals surface area contributed by atoms with Crippen molar-refractivity contribution in [3.05, 3.63) is 29.8 Å². The Morgan fingerprint density at radius 1 is 1.27 bits per heavy atom. The van der Waals surface area contributed by atoms with E-state index in [0.717, 1.165) is 37.8 Å². The number of rotatable bonds is 8. The van der Waals surface area contributed by atoms with Crippen molar-refractivity contribution in [2.24, 2.45) is 4.99 Å². The quantitative estimate of drug-likeness (QED) is 0.304. The van der Waals surface area contributed by atoms with E-state index in [1.54, 1.807) is 14.2 Å². The molecule has 0 bridgehead atoms. The average Bonchev–Trinajstić information content (AvgIpc) is 2.49. The molecule has 126 valence electrons. The third kappa shape index (κ3) is 7.84. The lowest BCUT2D eigenvalue weighted by molar-refractivity contribution is 0.195. The minimum atomic E-state index is 0. The van der Waals surface area contributed by atoms with E-state index in [2.05, 4.69) is 27.3 Å². The summed E-state index contributed by atoms with van der Waals surface area (Å²) in [7, 11) is 5.54. The Balaban J connectivity index is 0.00000441. The van der Waals surface area contributed by atoms with Gasteiger partial charge in [-0.15, -0.1) is 24.0 Å². The molecule has 0 aliphatic carbocycles. The number of hydrogen-bond acceptors (Lipinski definition) is 3. The molecule has 22 heavy (non-hydrogen) atoms. The molecule has 0 saturated heterocycles. The number of benzene rings is 1. The van der Waals surface area contributed by atoms with Crippen molar-refractivity contribution >= 4 is 29.9 Å². The fourth-order valence-electron chi connectivity index (χ4n) is 2.01. The van der Waals surface area contributed by atoms with Gasteiger partial charge in [-0.25, -0.2) is 0 Å². The predicted octanol–water partition coefficient (Wildman–Crippen LogP) is 2.75. The number of nitrogens with zero attached hydrogens (tertiary/aromatic N) is 2. The standard InChI is InChI=1S/C16H27N3O2.HI/c1-5-21-15-9-7-14(8-10-15)13-19(3)16(17-2)18-11-6-12-20-4;/h7-10H,5-6,11-13H2,1-4H3,(H,17,18);1H. The molecule has 0 spiro atoms. The highest BCUT2D eigenvalue weighted by atomic mass is 127. The normalized spacial score (nSPS) is 10.8. The number of halogens is 1. The van der Waals surface area contributed by atoms with Gasteiger partial charge in [-0.1, -0.05) is 12.1 Å². The van der Waals surface area contributed by atoms with Crippen molar-refractivity contribution in [1.82, 2.24) is 10.2 Å². The van der Waals surface area contributed by atoms with Crippen LogP contribution in [-0.2, 0) is 11.3 Å². The maximum atomic E-state index is 5.45. The number of nitrogens with one attached hydrogen (secondary N) is 1. The summed E-state index contributed by atoms with van der Waals surface area (Å²) in [6.45, 7) is 5.09. The van der Waals surface area contributed by atoms with Crippen molar-refractivity contribution in [2.75, 3.05) is 41.0 Å². The minimum absolute atomic E-state index is 0. The lowest BCUT2D eigenvalue weighted by Crippen LogP contribution is -2.39. The van der Waals surface area contributed by atoms with E-state index >= 15 is 0 Å². The first-order valence-corrected chi connectivity index (χ1v) is 7.33. The molecule has 0 radical (unpaired) electrons. The number of aliphatic imine (C=N–C) groups is 1. The van der Waals surface area contributed by atoms with Crippen LogP contribution in [0.4, 0.5) is 0 Å². The first kappa shape index (κ1) is 21.0. The van der Waals surface area contributed by atoms with E-state index in [-0.39, 0.29) is 24.0 Å². The highest BCUT2D eigenvalue weighted by Crippen LogP contribution is 2.13. The summed E-state index contributed by atoms with van der Waals surface area (Å²) in [4.78, 5) is 6.39. The number of ether oxygens (including phenoxy) is 2. The first-order valence-electron chi connectivity index (χ1n) is 7.33. The Labute approximate surface area is 151 Å². The Bertz CT molecular complexity index is 424. The van der Waals surface area contributed by atoms with Crippen LogP contribution in [0.2, 0.25) is 0 Å². The second kappa shape index (κ2) is 12.5. The van der Waals surface area contributed by atoms with Gasteiger partial charge in [-0.05, 0) is 31.0 Å². The topological polar surface area (TPSA) is 46.1 Å². The van der Waals surface area contributed by atoms with Gasteiger partial charge < -0.3 is 19.7 Å². The number of guanidine groups is 1. The van der Waals surface area contributed by atoms with Crippen LogP contribution < -0.4 is 10.1 Å². The van der Waals surface area contributed by atoms with Crippen LogP contribution >= 0.6 is 24.0 Å². The summed E-state index contributed by atoms with van der Waals surface area (Å²) >= 11 is 0. The zero-order chi connectivity index (χ0) is 15.5. The smallest absolute Gasteiger partial charge is 0.193 e. The van der Waals surface area contributed by atoms with Gasteiger partial charge >= 0.3 is 0 Å². The van der Waals surface area contributed by atoms with Crippen LogP contribution in [0.1, 0.15) is 18.9 Å². The second-order valence-corrected chi connectivity index (χ2v) is 4.75. The Kier molecular flexibility index (Phi) is 11.9. The van der Waals surface area contributed by atoms with Crippen molar-refractivity contribution in [1.29, 1.82) is 0 Å². The molecule has 0 aromatic heterocycles. The molecule has 0 aliphatic rings. The van der Waals surface area contributed by atoms with Gasteiger partial charge in [-0.2, -0.15) is 0 Å². The molecular weight excluding hydrogens is 393 g/mol. The SMILES string of the molecule is CCOc1ccc(CN(C)C(=NC)NCCCOC)cc1.I. The molecule has 5 nitrogen and oxygen atoms in total. The Hall–Kier alpha value is -1.02. The average molecular weight is 421 g/mol. The molecule has 1 aromatic carbocycles. The molecule has 0 unspecified atom stereocenters. The molecule has 0 fully saturated rings. The highest BCUT2D eigenvalue weighted by Gasteiger charge is 2.06. The molecule has 6 heteroatoms. The third-order valence-corrected chi connectivity index (χ3v) is 3.04. The van der Waals surface area contributed by atoms with Crippen molar-refractivity contribution in [3.8, 4) is 5.75 Å². The van der Waals surface area contributed by atoms with Crippen molar-refractivity contribution in [2.45, 2.75) is 19.9 Å². The molecule has 0 saturated carbocycles. The summed E-state index contributed by atoms with van der Waals surface area (Å²) in [5, 5.41) is 3.33. The summed E-state index contributed by atoms with van der Waals surface area (Å²) in [6, 6.07) is 8.17. The van der Waals surface area contributed by atoms with E-state index in [0.29, 0.717) is 6.61 Å². The van der Waals surface area contributed by atoms with Crippen LogP contribution in [0, 0.1) is 0 Å². The Morgan fingerprint density at radius 3 is 2.50 bits per heavy atom. The van der Waals surface area contributed by atoms with E-state index in [1.165, 1.54) is 5.56 Å². The monoisotopic (exact) mass is 421 g/mol. The molecule has 1 aromatic rings. The largest absolute Gasteiger partial charge is 0.494 e. The van der Waals surface area contributed by atoms with Crippen LogP contribution in [-0.4, -0.2) is 51.8 Å². The molecular formula is C16H28IN3O2. The molecule has 0 heterocycles. The second-order valence-electron chi connectivity index (χ2n) is 4.75. The predicted molar refractivity (Wildman–Crippen MR) is 102 cm³/mol. The molecule has 0 aliphatic heterocycles. The first-order chi connectivity index (χ1) is 10.2. The fourth-order valence-corrected chi connectivity index (χ4v) is 2.01. The van der Waals surface area contributed by atoms with Gasteiger partial charge in [0.2, 0.25) is 0 Å². The summed E-state index contributed by atoms with van der Waals surface area (Å²) < 4.78 is 10.5. The number of methoxy groups -OCH3 is 1. The zero-order valence-electron chi connectivity index (χ0n) is 14.0. The molecule has 0 atom stereocenters. The molecule has 0 amide bonds. The maximum absolute atomic E-state index is 5.45. The van der Waals surface area contributed by atoms with Crippen molar-refractivity contribution < 1.29 is 9.47 Å².